The Hall–Kier alpha value is -1.76. The third-order valence-corrected chi connectivity index (χ3v) is 5.22. The number of hydrogen-bond donors (Lipinski definition) is 0. The molecule has 4 nitrogen and oxygen atoms in total. The maximum atomic E-state index is 13.0. The van der Waals surface area contributed by atoms with E-state index in [1.807, 2.05) is 11.8 Å². The van der Waals surface area contributed by atoms with E-state index in [1.165, 1.54) is 0 Å². The van der Waals surface area contributed by atoms with Gasteiger partial charge in [-0.2, -0.15) is 0 Å². The first-order valence-corrected chi connectivity index (χ1v) is 9.11. The summed E-state index contributed by atoms with van der Waals surface area (Å²) in [4.78, 5) is 17.8. The number of pyridine rings is 1. The van der Waals surface area contributed by atoms with Crippen LogP contribution in [0.15, 0.2) is 30.5 Å². The quantitative estimate of drug-likeness (QED) is 0.478. The van der Waals surface area contributed by atoms with Gasteiger partial charge in [0.05, 0.1) is 11.1 Å². The highest BCUT2D eigenvalue weighted by atomic mass is 35.5. The molecule has 3 rings (SSSR count). The summed E-state index contributed by atoms with van der Waals surface area (Å²) in [5, 5.41) is 0.624. The van der Waals surface area contributed by atoms with Gasteiger partial charge < -0.3 is 9.53 Å². The number of hydrogen-bond acceptors (Lipinski definition) is 4. The molecule has 0 N–H and O–H groups in total. The zero-order chi connectivity index (χ0) is 19.8. The SMILES string of the molecule is CC(c1ccc(OCC(C)(F)F)c(Cl)c1)N1Cc2c(ccnc2Cl)C1C=O. The fourth-order valence-corrected chi connectivity index (χ4v) is 3.66. The van der Waals surface area contributed by atoms with Gasteiger partial charge in [0.1, 0.15) is 17.2 Å². The summed E-state index contributed by atoms with van der Waals surface area (Å²) >= 11 is 12.4. The molecule has 1 aliphatic heterocycles. The highest BCUT2D eigenvalue weighted by Gasteiger charge is 2.35. The summed E-state index contributed by atoms with van der Waals surface area (Å²) in [6.45, 7) is 2.45. The predicted octanol–water partition coefficient (Wildman–Crippen LogP) is 5.24. The topological polar surface area (TPSA) is 42.4 Å². The Kier molecular flexibility index (Phi) is 5.70. The highest BCUT2D eigenvalue weighted by Crippen LogP contribution is 2.41. The lowest BCUT2D eigenvalue weighted by Gasteiger charge is -2.28. The molecule has 0 radical (unpaired) electrons. The zero-order valence-electron chi connectivity index (χ0n) is 14.8. The average molecular weight is 415 g/mol. The average Bonchev–Trinajstić information content (AvgIpc) is 2.99. The van der Waals surface area contributed by atoms with Crippen LogP contribution in [0.3, 0.4) is 0 Å². The van der Waals surface area contributed by atoms with E-state index >= 15 is 0 Å². The number of alkyl halides is 2. The molecule has 144 valence electrons. The van der Waals surface area contributed by atoms with Gasteiger partial charge in [-0.05, 0) is 36.2 Å². The first-order chi connectivity index (χ1) is 12.7. The highest BCUT2D eigenvalue weighted by molar-refractivity contribution is 6.32. The number of fused-ring (bicyclic) bond motifs is 1. The minimum Gasteiger partial charge on any atom is -0.486 e. The first kappa shape index (κ1) is 20.0. The van der Waals surface area contributed by atoms with Crippen LogP contribution in [0.1, 0.15) is 42.6 Å². The first-order valence-electron chi connectivity index (χ1n) is 8.35. The molecule has 0 fully saturated rings. The van der Waals surface area contributed by atoms with Crippen molar-refractivity contribution in [3.63, 3.8) is 0 Å². The van der Waals surface area contributed by atoms with Crippen molar-refractivity contribution in [2.24, 2.45) is 0 Å². The molecular formula is C19H18Cl2F2N2O2. The van der Waals surface area contributed by atoms with Crippen LogP contribution in [0.2, 0.25) is 10.2 Å². The normalized spacial score (nSPS) is 18.2. The molecular weight excluding hydrogens is 397 g/mol. The number of benzene rings is 1. The Balaban J connectivity index is 1.82. The van der Waals surface area contributed by atoms with Crippen molar-refractivity contribution in [1.29, 1.82) is 0 Å². The minimum atomic E-state index is -2.94. The smallest absolute Gasteiger partial charge is 0.278 e. The maximum Gasteiger partial charge on any atom is 0.278 e. The van der Waals surface area contributed by atoms with Crippen LogP contribution in [0.5, 0.6) is 5.75 Å². The molecule has 1 aliphatic rings. The van der Waals surface area contributed by atoms with Crippen LogP contribution in [-0.4, -0.2) is 28.7 Å². The van der Waals surface area contributed by atoms with Crippen LogP contribution < -0.4 is 4.74 Å². The standard InChI is InChI=1S/C19H18Cl2F2N2O2/c1-11(12-3-4-17(15(20)7-12)27-10-19(2,22)23)25-8-14-13(16(25)9-26)5-6-24-18(14)21/h3-7,9,11,16H,8,10H2,1-2H3. The van der Waals surface area contributed by atoms with Crippen molar-refractivity contribution in [2.75, 3.05) is 6.61 Å². The van der Waals surface area contributed by atoms with E-state index in [4.69, 9.17) is 27.9 Å². The van der Waals surface area contributed by atoms with Gasteiger partial charge in [-0.15, -0.1) is 0 Å². The van der Waals surface area contributed by atoms with E-state index in [0.717, 1.165) is 29.9 Å². The van der Waals surface area contributed by atoms with E-state index in [-0.39, 0.29) is 16.8 Å². The summed E-state index contributed by atoms with van der Waals surface area (Å²) in [5.74, 6) is -2.75. The van der Waals surface area contributed by atoms with Crippen molar-refractivity contribution < 1.29 is 18.3 Å². The molecule has 1 aromatic carbocycles. The maximum absolute atomic E-state index is 13.0. The van der Waals surface area contributed by atoms with Crippen LogP contribution >= 0.6 is 23.2 Å². The lowest BCUT2D eigenvalue weighted by molar-refractivity contribution is -0.113. The molecule has 2 atom stereocenters. The van der Waals surface area contributed by atoms with Crippen molar-refractivity contribution in [3.8, 4) is 5.75 Å². The minimum absolute atomic E-state index is 0.164. The fourth-order valence-electron chi connectivity index (χ4n) is 3.19. The number of aromatic nitrogens is 1. The Labute approximate surface area is 166 Å². The van der Waals surface area contributed by atoms with Gasteiger partial charge in [-0.3, -0.25) is 4.90 Å². The number of halogens is 4. The van der Waals surface area contributed by atoms with E-state index in [9.17, 15) is 13.6 Å². The molecule has 2 aromatic rings. The van der Waals surface area contributed by atoms with E-state index < -0.39 is 18.6 Å². The van der Waals surface area contributed by atoms with E-state index in [0.29, 0.717) is 11.7 Å². The molecule has 2 unspecified atom stereocenters. The monoisotopic (exact) mass is 414 g/mol. The molecule has 0 spiro atoms. The fraction of sp³-hybridized carbons (Fsp3) is 0.368. The van der Waals surface area contributed by atoms with Crippen LogP contribution in [0, 0.1) is 0 Å². The second-order valence-electron chi connectivity index (χ2n) is 6.65. The molecule has 0 bridgehead atoms. The van der Waals surface area contributed by atoms with E-state index in [1.54, 1.807) is 30.5 Å². The van der Waals surface area contributed by atoms with Gasteiger partial charge in [0.25, 0.3) is 5.92 Å². The van der Waals surface area contributed by atoms with Gasteiger partial charge in [-0.25, -0.2) is 13.8 Å². The van der Waals surface area contributed by atoms with E-state index in [2.05, 4.69) is 4.98 Å². The number of carbonyl (C=O) groups excluding carboxylic acids is 1. The Morgan fingerprint density at radius 3 is 2.78 bits per heavy atom. The van der Waals surface area contributed by atoms with Crippen molar-refractivity contribution in [1.82, 2.24) is 9.88 Å². The second kappa shape index (κ2) is 7.70. The van der Waals surface area contributed by atoms with Gasteiger partial charge in [0.15, 0.2) is 6.61 Å². The summed E-state index contributed by atoms with van der Waals surface area (Å²) < 4.78 is 31.0. The van der Waals surface area contributed by atoms with Crippen molar-refractivity contribution in [3.05, 3.63) is 57.3 Å². The van der Waals surface area contributed by atoms with Gasteiger partial charge in [0.2, 0.25) is 0 Å². The number of rotatable bonds is 6. The summed E-state index contributed by atoms with van der Waals surface area (Å²) in [6, 6.07) is 6.17. The van der Waals surface area contributed by atoms with Gasteiger partial charge >= 0.3 is 0 Å². The lowest BCUT2D eigenvalue weighted by Crippen LogP contribution is -2.26. The van der Waals surface area contributed by atoms with Crippen LogP contribution in [0.4, 0.5) is 8.78 Å². The Morgan fingerprint density at radius 1 is 1.41 bits per heavy atom. The molecule has 1 aromatic heterocycles. The molecule has 0 amide bonds. The molecule has 0 aliphatic carbocycles. The number of carbonyl (C=O) groups is 1. The largest absolute Gasteiger partial charge is 0.486 e. The van der Waals surface area contributed by atoms with Crippen LogP contribution in [0.25, 0.3) is 0 Å². The van der Waals surface area contributed by atoms with Crippen LogP contribution in [-0.2, 0) is 11.3 Å². The number of ether oxygens (including phenoxy) is 1. The molecule has 0 saturated heterocycles. The number of aldehydes is 1. The third-order valence-electron chi connectivity index (χ3n) is 4.60. The zero-order valence-corrected chi connectivity index (χ0v) is 16.3. The van der Waals surface area contributed by atoms with Crippen molar-refractivity contribution in [2.45, 2.75) is 38.4 Å². The molecule has 27 heavy (non-hydrogen) atoms. The third kappa shape index (κ3) is 4.23. The molecule has 2 heterocycles. The Bertz CT molecular complexity index is 858. The van der Waals surface area contributed by atoms with Crippen molar-refractivity contribution >= 4 is 29.5 Å². The summed E-state index contributed by atoms with van der Waals surface area (Å²) in [5.41, 5.74) is 2.51. The summed E-state index contributed by atoms with van der Waals surface area (Å²) in [6.07, 6.45) is 2.46. The molecule has 8 heteroatoms. The summed E-state index contributed by atoms with van der Waals surface area (Å²) in [7, 11) is 0. The lowest BCUT2D eigenvalue weighted by atomic mass is 10.0. The number of nitrogens with zero attached hydrogens (tertiary/aromatic N) is 2. The second-order valence-corrected chi connectivity index (χ2v) is 7.41. The predicted molar refractivity (Wildman–Crippen MR) is 99.6 cm³/mol. The Morgan fingerprint density at radius 2 is 2.15 bits per heavy atom. The van der Waals surface area contributed by atoms with Gasteiger partial charge in [0, 0.05) is 31.3 Å². The molecule has 0 saturated carbocycles. The van der Waals surface area contributed by atoms with Gasteiger partial charge in [-0.1, -0.05) is 29.3 Å².